The number of hydrogen-bond acceptors (Lipinski definition) is 2. The Hall–Kier alpha value is -3.75. The Labute approximate surface area is 190 Å². The van der Waals surface area contributed by atoms with Gasteiger partial charge in [0.05, 0.1) is 16.8 Å². The predicted molar refractivity (Wildman–Crippen MR) is 114 cm³/mol. The summed E-state index contributed by atoms with van der Waals surface area (Å²) in [4.78, 5) is 11.6. The highest BCUT2D eigenvalue weighted by Crippen LogP contribution is 2.38. The van der Waals surface area contributed by atoms with Gasteiger partial charge < -0.3 is 9.30 Å². The first-order chi connectivity index (χ1) is 16.1. The van der Waals surface area contributed by atoms with E-state index in [0.717, 1.165) is 11.6 Å². The zero-order valence-corrected chi connectivity index (χ0v) is 17.5. The lowest BCUT2D eigenvalue weighted by molar-refractivity contribution is -0.143. The minimum Gasteiger partial charge on any atom is -0.489 e. The third-order valence-electron chi connectivity index (χ3n) is 5.34. The van der Waals surface area contributed by atoms with Crippen molar-refractivity contribution in [2.24, 2.45) is 0 Å². The molecule has 0 fully saturated rings. The number of hydrogen-bond donors (Lipinski definition) is 0. The van der Waals surface area contributed by atoms with Gasteiger partial charge in [-0.05, 0) is 47.5 Å². The lowest BCUT2D eigenvalue weighted by Crippen LogP contribution is -2.15. The zero-order chi connectivity index (χ0) is 24.5. The van der Waals surface area contributed by atoms with Gasteiger partial charge in [-0.15, -0.1) is 0 Å². The number of nitrogens with zero attached hydrogens (tertiary/aromatic N) is 1. The van der Waals surface area contributed by atoms with Crippen molar-refractivity contribution in [3.8, 4) is 5.75 Å². The maximum atomic E-state index is 13.6. The van der Waals surface area contributed by atoms with Gasteiger partial charge in [0.25, 0.3) is 0 Å². The summed E-state index contributed by atoms with van der Waals surface area (Å²) in [7, 11) is 0. The number of benzene rings is 3. The van der Waals surface area contributed by atoms with E-state index in [1.54, 1.807) is 18.2 Å². The normalized spacial score (nSPS) is 12.2. The average Bonchev–Trinajstić information content (AvgIpc) is 3.14. The van der Waals surface area contributed by atoms with E-state index >= 15 is 0 Å². The number of halogens is 6. The molecule has 0 saturated carbocycles. The van der Waals surface area contributed by atoms with Crippen LogP contribution in [-0.4, -0.2) is 10.9 Å². The van der Waals surface area contributed by atoms with E-state index in [1.807, 2.05) is 30.3 Å². The number of fused-ring (bicyclic) bond motifs is 1. The molecule has 3 aromatic carbocycles. The van der Waals surface area contributed by atoms with Crippen molar-refractivity contribution in [1.29, 1.82) is 0 Å². The molecule has 0 saturated heterocycles. The monoisotopic (exact) mass is 477 g/mol. The Bertz CT molecular complexity index is 1320. The van der Waals surface area contributed by atoms with Crippen molar-refractivity contribution in [3.63, 3.8) is 0 Å². The molecule has 4 rings (SSSR count). The van der Waals surface area contributed by atoms with Crippen molar-refractivity contribution in [2.75, 3.05) is 0 Å². The highest BCUT2D eigenvalue weighted by molar-refractivity contribution is 5.90. The number of carbonyl (C=O) groups is 1. The number of alkyl halides is 6. The minimum atomic E-state index is -5.00. The Morgan fingerprint density at radius 3 is 2.21 bits per heavy atom. The molecule has 3 nitrogen and oxygen atoms in total. The molecule has 9 heteroatoms. The number of ether oxygens (including phenoxy) is 1. The molecule has 0 aliphatic rings. The van der Waals surface area contributed by atoms with Gasteiger partial charge >= 0.3 is 12.4 Å². The van der Waals surface area contributed by atoms with Gasteiger partial charge in [0.1, 0.15) is 12.4 Å². The van der Waals surface area contributed by atoms with Crippen LogP contribution in [0.2, 0.25) is 0 Å². The fourth-order valence-corrected chi connectivity index (χ4v) is 3.70. The Morgan fingerprint density at radius 1 is 0.824 bits per heavy atom. The highest BCUT2D eigenvalue weighted by Gasteiger charge is 2.38. The maximum absolute atomic E-state index is 13.6. The predicted octanol–water partition coefficient (Wildman–Crippen LogP) is 7.12. The van der Waals surface area contributed by atoms with Gasteiger partial charge in [0.15, 0.2) is 6.29 Å². The van der Waals surface area contributed by atoms with Crippen LogP contribution in [0, 0.1) is 0 Å². The molecule has 0 spiro atoms. The summed E-state index contributed by atoms with van der Waals surface area (Å²) in [5.74, 6) is 0.497. The second-order valence-corrected chi connectivity index (χ2v) is 7.64. The number of carbonyl (C=O) groups excluding carboxylic acids is 1. The summed E-state index contributed by atoms with van der Waals surface area (Å²) >= 11 is 0. The van der Waals surface area contributed by atoms with Crippen LogP contribution >= 0.6 is 0 Å². The standard InChI is InChI=1S/C25H17F6NO2/c26-24(27,28)19-7-6-17(22(12-19)25(29,30)31)13-32-20(14-33)10-18-11-21(8-9-23(18)32)34-15-16-4-2-1-3-5-16/h1-12,14H,13,15H2. The summed E-state index contributed by atoms with van der Waals surface area (Å²) in [6, 6.07) is 17.3. The molecule has 176 valence electrons. The van der Waals surface area contributed by atoms with Crippen molar-refractivity contribution >= 4 is 17.2 Å². The third-order valence-corrected chi connectivity index (χ3v) is 5.34. The van der Waals surface area contributed by atoms with Crippen LogP contribution in [0.15, 0.2) is 72.8 Å². The second-order valence-electron chi connectivity index (χ2n) is 7.64. The van der Waals surface area contributed by atoms with Crippen molar-refractivity contribution in [1.82, 2.24) is 4.57 Å². The van der Waals surface area contributed by atoms with E-state index < -0.39 is 30.0 Å². The Morgan fingerprint density at radius 2 is 1.56 bits per heavy atom. The quantitative estimate of drug-likeness (QED) is 0.219. The van der Waals surface area contributed by atoms with E-state index in [9.17, 15) is 31.1 Å². The molecule has 0 radical (unpaired) electrons. The highest BCUT2D eigenvalue weighted by atomic mass is 19.4. The van der Waals surface area contributed by atoms with Crippen LogP contribution < -0.4 is 4.74 Å². The van der Waals surface area contributed by atoms with Crippen molar-refractivity contribution < 1.29 is 35.9 Å². The number of rotatable bonds is 6. The van der Waals surface area contributed by atoms with Crippen LogP contribution in [-0.2, 0) is 25.5 Å². The fourth-order valence-electron chi connectivity index (χ4n) is 3.70. The van der Waals surface area contributed by atoms with Crippen molar-refractivity contribution in [2.45, 2.75) is 25.5 Å². The second kappa shape index (κ2) is 8.89. The van der Waals surface area contributed by atoms with E-state index in [4.69, 9.17) is 4.74 Å². The maximum Gasteiger partial charge on any atom is 0.416 e. The number of aromatic nitrogens is 1. The van der Waals surface area contributed by atoms with Crippen LogP contribution in [0.4, 0.5) is 26.3 Å². The molecule has 0 N–H and O–H groups in total. The summed E-state index contributed by atoms with van der Waals surface area (Å²) < 4.78 is 86.7. The van der Waals surface area contributed by atoms with E-state index in [-0.39, 0.29) is 17.3 Å². The molecule has 0 aliphatic heterocycles. The van der Waals surface area contributed by atoms with Gasteiger partial charge in [0, 0.05) is 17.4 Å². The molecule has 0 atom stereocenters. The summed E-state index contributed by atoms with van der Waals surface area (Å²) in [6.07, 6.45) is -9.43. The van der Waals surface area contributed by atoms with Gasteiger partial charge in [-0.2, -0.15) is 26.3 Å². The lowest BCUT2D eigenvalue weighted by atomic mass is 10.0. The third kappa shape index (κ3) is 4.93. The topological polar surface area (TPSA) is 31.2 Å². The zero-order valence-electron chi connectivity index (χ0n) is 17.5. The van der Waals surface area contributed by atoms with E-state index in [2.05, 4.69) is 0 Å². The first-order valence-corrected chi connectivity index (χ1v) is 10.1. The van der Waals surface area contributed by atoms with Gasteiger partial charge in [-0.25, -0.2) is 0 Å². The van der Waals surface area contributed by atoms with Crippen LogP contribution in [0.5, 0.6) is 5.75 Å². The molecule has 0 unspecified atom stereocenters. The van der Waals surface area contributed by atoms with Gasteiger partial charge in [0.2, 0.25) is 0 Å². The molecular formula is C25H17F6NO2. The fraction of sp³-hybridized carbons (Fsp3) is 0.160. The average molecular weight is 477 g/mol. The van der Waals surface area contributed by atoms with Gasteiger partial charge in [-0.1, -0.05) is 36.4 Å². The molecular weight excluding hydrogens is 460 g/mol. The lowest BCUT2D eigenvalue weighted by Gasteiger charge is -2.17. The van der Waals surface area contributed by atoms with Crippen LogP contribution in [0.1, 0.15) is 32.7 Å². The largest absolute Gasteiger partial charge is 0.489 e. The molecule has 1 heterocycles. The molecule has 0 bridgehead atoms. The van der Waals surface area contributed by atoms with Crippen molar-refractivity contribution in [3.05, 3.63) is 101 Å². The summed E-state index contributed by atoms with van der Waals surface area (Å²) in [6.45, 7) is -0.136. The Balaban J connectivity index is 1.69. The molecule has 0 amide bonds. The summed E-state index contributed by atoms with van der Waals surface area (Å²) in [5.41, 5.74) is -1.70. The number of aldehydes is 1. The first-order valence-electron chi connectivity index (χ1n) is 10.1. The Kier molecular flexibility index (Phi) is 6.12. The smallest absolute Gasteiger partial charge is 0.416 e. The van der Waals surface area contributed by atoms with Gasteiger partial charge in [-0.3, -0.25) is 4.79 Å². The molecule has 1 aromatic heterocycles. The molecule has 4 aromatic rings. The SMILES string of the molecule is O=Cc1cc2cc(OCc3ccccc3)ccc2n1Cc1ccc(C(F)(F)F)cc1C(F)(F)F. The summed E-state index contributed by atoms with van der Waals surface area (Å²) in [5, 5.41) is 0.549. The van der Waals surface area contributed by atoms with Crippen LogP contribution in [0.25, 0.3) is 10.9 Å². The molecule has 0 aliphatic carbocycles. The minimum absolute atomic E-state index is 0.0863. The van der Waals surface area contributed by atoms with E-state index in [0.29, 0.717) is 35.6 Å². The first kappa shape index (κ1) is 23.4. The van der Waals surface area contributed by atoms with E-state index in [1.165, 1.54) is 10.6 Å². The molecule has 34 heavy (non-hydrogen) atoms. The van der Waals surface area contributed by atoms with Crippen LogP contribution in [0.3, 0.4) is 0 Å².